The Balaban J connectivity index is 0.00000361. The van der Waals surface area contributed by atoms with E-state index in [1.807, 2.05) is 7.05 Å². The number of nitrogens with zero attached hydrogens (tertiary/aromatic N) is 2. The quantitative estimate of drug-likeness (QED) is 0.431. The van der Waals surface area contributed by atoms with Crippen molar-refractivity contribution in [1.82, 2.24) is 15.5 Å². The lowest BCUT2D eigenvalue weighted by molar-refractivity contribution is 0.278. The summed E-state index contributed by atoms with van der Waals surface area (Å²) in [6.45, 7) is 9.29. The maximum absolute atomic E-state index is 4.24. The number of halogens is 1. The first-order valence-corrected chi connectivity index (χ1v) is 7.60. The molecule has 0 aliphatic carbocycles. The number of hydrogen-bond donors (Lipinski definition) is 2. The standard InChI is InChI=1S/C14H26N4S.HI/c1-11(2)18(5)8-7-16-14(15-4)17-10-13-12(3)6-9-19-13;/h6,9,11H,7-8,10H2,1-5H3,(H2,15,16,17);1H. The van der Waals surface area contributed by atoms with Crippen LogP contribution < -0.4 is 10.6 Å². The van der Waals surface area contributed by atoms with Crippen LogP contribution in [0.15, 0.2) is 16.4 Å². The molecule has 0 atom stereocenters. The van der Waals surface area contributed by atoms with Crippen LogP contribution in [0.5, 0.6) is 0 Å². The van der Waals surface area contributed by atoms with E-state index < -0.39 is 0 Å². The summed E-state index contributed by atoms with van der Waals surface area (Å²) in [5.74, 6) is 0.866. The minimum absolute atomic E-state index is 0. The normalized spacial score (nSPS) is 11.7. The van der Waals surface area contributed by atoms with Gasteiger partial charge in [0.05, 0.1) is 6.54 Å². The molecule has 0 aliphatic heterocycles. The van der Waals surface area contributed by atoms with E-state index in [0.29, 0.717) is 6.04 Å². The van der Waals surface area contributed by atoms with Gasteiger partial charge in [-0.05, 0) is 44.8 Å². The molecule has 0 aliphatic rings. The first kappa shape index (κ1) is 19.7. The minimum atomic E-state index is 0. The SMILES string of the molecule is CN=C(NCCN(C)C(C)C)NCc1sccc1C.I. The van der Waals surface area contributed by atoms with E-state index in [1.54, 1.807) is 11.3 Å². The van der Waals surface area contributed by atoms with Crippen LogP contribution >= 0.6 is 35.3 Å². The van der Waals surface area contributed by atoms with Gasteiger partial charge in [-0.3, -0.25) is 4.99 Å². The third-order valence-corrected chi connectivity index (χ3v) is 4.27. The molecule has 0 amide bonds. The van der Waals surface area contributed by atoms with Gasteiger partial charge in [-0.25, -0.2) is 0 Å². The predicted octanol–water partition coefficient (Wildman–Crippen LogP) is 2.68. The third-order valence-electron chi connectivity index (χ3n) is 3.25. The van der Waals surface area contributed by atoms with Crippen LogP contribution in [0.25, 0.3) is 0 Å². The summed E-state index contributed by atoms with van der Waals surface area (Å²) in [6.07, 6.45) is 0. The van der Waals surface area contributed by atoms with Crippen molar-refractivity contribution >= 4 is 41.3 Å². The van der Waals surface area contributed by atoms with E-state index in [1.165, 1.54) is 10.4 Å². The molecule has 0 saturated heterocycles. The zero-order chi connectivity index (χ0) is 14.3. The van der Waals surface area contributed by atoms with Crippen molar-refractivity contribution in [2.75, 3.05) is 27.2 Å². The number of thiophene rings is 1. The van der Waals surface area contributed by atoms with Gasteiger partial charge in [-0.2, -0.15) is 0 Å². The minimum Gasteiger partial charge on any atom is -0.355 e. The zero-order valence-electron chi connectivity index (χ0n) is 13.1. The molecule has 116 valence electrons. The van der Waals surface area contributed by atoms with E-state index in [0.717, 1.165) is 25.6 Å². The van der Waals surface area contributed by atoms with Crippen LogP contribution in [0.2, 0.25) is 0 Å². The monoisotopic (exact) mass is 410 g/mol. The van der Waals surface area contributed by atoms with Gasteiger partial charge >= 0.3 is 0 Å². The van der Waals surface area contributed by atoms with Crippen molar-refractivity contribution in [2.45, 2.75) is 33.4 Å². The summed E-state index contributed by atoms with van der Waals surface area (Å²) in [5.41, 5.74) is 1.34. The van der Waals surface area contributed by atoms with Crippen LogP contribution in [0.3, 0.4) is 0 Å². The van der Waals surface area contributed by atoms with Gasteiger partial charge in [0.2, 0.25) is 0 Å². The molecule has 1 heterocycles. The van der Waals surface area contributed by atoms with Crippen LogP contribution in [-0.4, -0.2) is 44.1 Å². The lowest BCUT2D eigenvalue weighted by atomic mass is 10.3. The second-order valence-corrected chi connectivity index (χ2v) is 5.95. The average molecular weight is 410 g/mol. The summed E-state index contributed by atoms with van der Waals surface area (Å²) in [7, 11) is 3.94. The second-order valence-electron chi connectivity index (χ2n) is 4.95. The van der Waals surface area contributed by atoms with Crippen LogP contribution in [0.1, 0.15) is 24.3 Å². The lowest BCUT2D eigenvalue weighted by Gasteiger charge is -2.21. The lowest BCUT2D eigenvalue weighted by Crippen LogP contribution is -2.41. The molecule has 0 fully saturated rings. The topological polar surface area (TPSA) is 39.7 Å². The first-order chi connectivity index (χ1) is 9.04. The highest BCUT2D eigenvalue weighted by atomic mass is 127. The molecule has 1 aromatic heterocycles. The molecular weight excluding hydrogens is 383 g/mol. The zero-order valence-corrected chi connectivity index (χ0v) is 16.2. The highest BCUT2D eigenvalue weighted by molar-refractivity contribution is 14.0. The Morgan fingerprint density at radius 3 is 2.60 bits per heavy atom. The summed E-state index contributed by atoms with van der Waals surface area (Å²) in [5, 5.41) is 8.81. The van der Waals surface area contributed by atoms with Gasteiger partial charge in [0, 0.05) is 31.1 Å². The molecule has 4 nitrogen and oxygen atoms in total. The Kier molecular flexibility index (Phi) is 10.2. The predicted molar refractivity (Wildman–Crippen MR) is 100 cm³/mol. The second kappa shape index (κ2) is 10.4. The van der Waals surface area contributed by atoms with Gasteiger partial charge in [0.1, 0.15) is 0 Å². The molecule has 0 saturated carbocycles. The van der Waals surface area contributed by atoms with Gasteiger partial charge in [-0.1, -0.05) is 0 Å². The van der Waals surface area contributed by atoms with E-state index in [4.69, 9.17) is 0 Å². The van der Waals surface area contributed by atoms with Crippen molar-refractivity contribution < 1.29 is 0 Å². The van der Waals surface area contributed by atoms with E-state index in [2.05, 4.69) is 59.8 Å². The Morgan fingerprint density at radius 2 is 2.10 bits per heavy atom. The summed E-state index contributed by atoms with van der Waals surface area (Å²) in [4.78, 5) is 7.91. The van der Waals surface area contributed by atoms with Gasteiger partial charge in [0.25, 0.3) is 0 Å². The molecule has 0 aromatic carbocycles. The Hall–Kier alpha value is -0.340. The third kappa shape index (κ3) is 6.90. The van der Waals surface area contributed by atoms with Crippen LogP contribution in [0, 0.1) is 6.92 Å². The molecule has 1 rings (SSSR count). The van der Waals surface area contributed by atoms with Crippen LogP contribution in [-0.2, 0) is 6.54 Å². The number of nitrogens with one attached hydrogen (secondary N) is 2. The van der Waals surface area contributed by atoms with Crippen molar-refractivity contribution in [2.24, 2.45) is 4.99 Å². The van der Waals surface area contributed by atoms with Gasteiger partial charge in [-0.15, -0.1) is 35.3 Å². The van der Waals surface area contributed by atoms with Crippen molar-refractivity contribution in [3.8, 4) is 0 Å². The number of aliphatic imine (C=N–C) groups is 1. The van der Waals surface area contributed by atoms with E-state index >= 15 is 0 Å². The van der Waals surface area contributed by atoms with Crippen molar-refractivity contribution in [3.05, 3.63) is 21.9 Å². The summed E-state index contributed by atoms with van der Waals surface area (Å²) >= 11 is 1.78. The Morgan fingerprint density at radius 1 is 1.40 bits per heavy atom. The van der Waals surface area contributed by atoms with E-state index in [9.17, 15) is 0 Å². The number of aryl methyl sites for hydroxylation is 1. The Bertz CT molecular complexity index is 404. The molecular formula is C14H27IN4S. The number of likely N-dealkylation sites (N-methyl/N-ethyl adjacent to an activating group) is 1. The Labute approximate surface area is 144 Å². The highest BCUT2D eigenvalue weighted by Crippen LogP contribution is 2.14. The fourth-order valence-corrected chi connectivity index (χ4v) is 2.42. The maximum Gasteiger partial charge on any atom is 0.191 e. The number of guanidine groups is 1. The molecule has 1 aromatic rings. The maximum atomic E-state index is 4.24. The fraction of sp³-hybridized carbons (Fsp3) is 0.643. The summed E-state index contributed by atoms with van der Waals surface area (Å²) < 4.78 is 0. The molecule has 20 heavy (non-hydrogen) atoms. The first-order valence-electron chi connectivity index (χ1n) is 6.72. The molecule has 0 unspecified atom stereocenters. The van der Waals surface area contributed by atoms with Gasteiger partial charge < -0.3 is 15.5 Å². The summed E-state index contributed by atoms with van der Waals surface area (Å²) in [6, 6.07) is 2.72. The van der Waals surface area contributed by atoms with Crippen LogP contribution in [0.4, 0.5) is 0 Å². The molecule has 0 spiro atoms. The largest absolute Gasteiger partial charge is 0.355 e. The highest BCUT2D eigenvalue weighted by Gasteiger charge is 2.04. The van der Waals surface area contributed by atoms with Crippen molar-refractivity contribution in [1.29, 1.82) is 0 Å². The number of hydrogen-bond acceptors (Lipinski definition) is 3. The molecule has 0 bridgehead atoms. The smallest absolute Gasteiger partial charge is 0.191 e. The van der Waals surface area contributed by atoms with Crippen molar-refractivity contribution in [3.63, 3.8) is 0 Å². The molecule has 6 heteroatoms. The average Bonchev–Trinajstić information content (AvgIpc) is 2.78. The molecule has 2 N–H and O–H groups in total. The molecule has 0 radical (unpaired) electrons. The van der Waals surface area contributed by atoms with E-state index in [-0.39, 0.29) is 24.0 Å². The van der Waals surface area contributed by atoms with Gasteiger partial charge in [0.15, 0.2) is 5.96 Å². The number of rotatable bonds is 6. The fourth-order valence-electron chi connectivity index (χ4n) is 1.58.